The Labute approximate surface area is 64.2 Å². The first kappa shape index (κ1) is 9.47. The first-order valence-corrected chi connectivity index (χ1v) is 6.58. The van der Waals surface area contributed by atoms with Gasteiger partial charge in [0.05, 0.1) is 0 Å². The molecule has 9 heavy (non-hydrogen) atoms. The fourth-order valence-electron chi connectivity index (χ4n) is 0.603. The zero-order valence-electron chi connectivity index (χ0n) is 6.45. The zero-order chi connectivity index (χ0) is 7.28. The molecule has 0 saturated heterocycles. The van der Waals surface area contributed by atoms with Crippen molar-refractivity contribution in [2.45, 2.75) is 32.7 Å². The van der Waals surface area contributed by atoms with E-state index in [9.17, 15) is 0 Å². The largest absolute Gasteiger partial charge is 0.328 e. The molecule has 0 aromatic rings. The minimum Gasteiger partial charge on any atom is -0.328 e. The Morgan fingerprint density at radius 3 is 2.44 bits per heavy atom. The molecule has 0 heterocycles. The lowest BCUT2D eigenvalue weighted by Crippen LogP contribution is -2.31. The van der Waals surface area contributed by atoms with Crippen molar-refractivity contribution in [1.29, 1.82) is 0 Å². The number of hydrogen-bond acceptors (Lipinski definition) is 1. The summed E-state index contributed by atoms with van der Waals surface area (Å²) in [6.07, 6.45) is 1.20. The second-order valence-corrected chi connectivity index (χ2v) is 6.11. The second kappa shape index (κ2) is 5.27. The molecular formula is C6H16ClNSi. The van der Waals surface area contributed by atoms with Gasteiger partial charge >= 0.3 is 0 Å². The Hall–Kier alpha value is 0.467. The molecule has 0 spiro atoms. The van der Waals surface area contributed by atoms with E-state index in [1.165, 1.54) is 6.42 Å². The Bertz CT molecular complexity index is 70.1. The SMILES string of the molecule is CCN[SiH](Cl)C(C)CC. The highest BCUT2D eigenvalue weighted by molar-refractivity contribution is 7.06. The first-order valence-electron chi connectivity index (χ1n) is 3.59. The molecule has 2 unspecified atom stereocenters. The molecule has 3 heteroatoms. The third-order valence-electron chi connectivity index (χ3n) is 1.54. The summed E-state index contributed by atoms with van der Waals surface area (Å²) in [4.78, 5) is 3.30. The topological polar surface area (TPSA) is 12.0 Å². The molecule has 56 valence electrons. The average Bonchev–Trinajstić information content (AvgIpc) is 1.87. The van der Waals surface area contributed by atoms with Gasteiger partial charge in [0, 0.05) is 0 Å². The molecule has 1 nitrogen and oxygen atoms in total. The van der Waals surface area contributed by atoms with E-state index in [2.05, 4.69) is 25.8 Å². The summed E-state index contributed by atoms with van der Waals surface area (Å²) >= 11 is 6.06. The van der Waals surface area contributed by atoms with Crippen molar-refractivity contribution in [3.8, 4) is 0 Å². The Kier molecular flexibility index (Phi) is 5.54. The summed E-state index contributed by atoms with van der Waals surface area (Å²) in [5.74, 6) is 0. The quantitative estimate of drug-likeness (QED) is 0.496. The molecule has 0 bridgehead atoms. The molecule has 0 aliphatic carbocycles. The van der Waals surface area contributed by atoms with E-state index in [1.807, 2.05) is 0 Å². The summed E-state index contributed by atoms with van der Waals surface area (Å²) in [6, 6.07) is 0. The lowest BCUT2D eigenvalue weighted by Gasteiger charge is -2.13. The van der Waals surface area contributed by atoms with Gasteiger partial charge < -0.3 is 4.98 Å². The number of halogens is 1. The highest BCUT2D eigenvalue weighted by Gasteiger charge is 2.12. The van der Waals surface area contributed by atoms with Crippen LogP contribution in [0.1, 0.15) is 27.2 Å². The van der Waals surface area contributed by atoms with E-state index in [4.69, 9.17) is 11.1 Å². The molecule has 2 atom stereocenters. The average molecular weight is 166 g/mol. The lowest BCUT2D eigenvalue weighted by molar-refractivity contribution is 0.832. The van der Waals surface area contributed by atoms with Crippen LogP contribution in [-0.4, -0.2) is 14.8 Å². The van der Waals surface area contributed by atoms with Crippen molar-refractivity contribution in [3.05, 3.63) is 0 Å². The third kappa shape index (κ3) is 3.95. The standard InChI is InChI=1S/C6H16ClNSi/c1-4-6(3)9(7)8-5-2/h6,8-9H,4-5H2,1-3H3. The van der Waals surface area contributed by atoms with Crippen LogP contribution in [0.4, 0.5) is 0 Å². The maximum atomic E-state index is 6.06. The smallest absolute Gasteiger partial charge is 0.213 e. The molecule has 0 fully saturated rings. The number of hydrogen-bond donors (Lipinski definition) is 1. The van der Waals surface area contributed by atoms with Crippen molar-refractivity contribution in [2.75, 3.05) is 6.54 Å². The van der Waals surface area contributed by atoms with Crippen LogP contribution in [0.25, 0.3) is 0 Å². The predicted molar refractivity (Wildman–Crippen MR) is 46.4 cm³/mol. The van der Waals surface area contributed by atoms with Crippen molar-refractivity contribution in [2.24, 2.45) is 0 Å². The van der Waals surface area contributed by atoms with Gasteiger partial charge in [0.15, 0.2) is 0 Å². The molecule has 0 saturated carbocycles. The molecule has 0 aliphatic heterocycles. The van der Waals surface area contributed by atoms with Crippen LogP contribution in [0.5, 0.6) is 0 Å². The van der Waals surface area contributed by atoms with Gasteiger partial charge in [-0.1, -0.05) is 27.2 Å². The van der Waals surface area contributed by atoms with Crippen LogP contribution >= 0.6 is 11.1 Å². The molecule has 0 amide bonds. The molecule has 0 radical (unpaired) electrons. The highest BCUT2D eigenvalue weighted by atomic mass is 35.6. The number of nitrogens with one attached hydrogen (secondary N) is 1. The van der Waals surface area contributed by atoms with E-state index >= 15 is 0 Å². The van der Waals surface area contributed by atoms with Gasteiger partial charge in [-0.2, -0.15) is 11.1 Å². The van der Waals surface area contributed by atoms with E-state index in [0.29, 0.717) is 5.54 Å². The molecule has 1 N–H and O–H groups in total. The van der Waals surface area contributed by atoms with Gasteiger partial charge in [-0.05, 0) is 12.1 Å². The van der Waals surface area contributed by atoms with Crippen LogP contribution in [0.3, 0.4) is 0 Å². The Balaban J connectivity index is 3.32. The highest BCUT2D eigenvalue weighted by Crippen LogP contribution is 2.13. The van der Waals surface area contributed by atoms with Gasteiger partial charge in [0.1, 0.15) is 0 Å². The van der Waals surface area contributed by atoms with Gasteiger partial charge in [-0.25, -0.2) is 0 Å². The second-order valence-electron chi connectivity index (χ2n) is 2.34. The van der Waals surface area contributed by atoms with Gasteiger partial charge in [0.25, 0.3) is 0 Å². The molecule has 0 rings (SSSR count). The maximum absolute atomic E-state index is 6.06. The van der Waals surface area contributed by atoms with E-state index < -0.39 is 8.27 Å². The number of rotatable bonds is 4. The third-order valence-corrected chi connectivity index (χ3v) is 5.56. The minimum atomic E-state index is -1.07. The van der Waals surface area contributed by atoms with E-state index in [0.717, 1.165) is 6.54 Å². The van der Waals surface area contributed by atoms with Crippen LogP contribution in [-0.2, 0) is 0 Å². The summed E-state index contributed by atoms with van der Waals surface area (Å²) in [6.45, 7) is 7.52. The van der Waals surface area contributed by atoms with Crippen molar-refractivity contribution >= 4 is 19.3 Å². The van der Waals surface area contributed by atoms with Crippen LogP contribution in [0, 0.1) is 0 Å². The van der Waals surface area contributed by atoms with Crippen molar-refractivity contribution < 1.29 is 0 Å². The molecule has 0 aliphatic rings. The van der Waals surface area contributed by atoms with Crippen molar-refractivity contribution in [1.82, 2.24) is 4.98 Å². The molecule has 0 aromatic carbocycles. The van der Waals surface area contributed by atoms with Gasteiger partial charge in [0.2, 0.25) is 8.27 Å². The van der Waals surface area contributed by atoms with Crippen LogP contribution in [0.2, 0.25) is 5.54 Å². The fourth-order valence-corrected chi connectivity index (χ4v) is 2.81. The summed E-state index contributed by atoms with van der Waals surface area (Å²) < 4.78 is 0. The van der Waals surface area contributed by atoms with Gasteiger partial charge in [-0.15, -0.1) is 0 Å². The fraction of sp³-hybridized carbons (Fsp3) is 1.00. The summed E-state index contributed by atoms with van der Waals surface area (Å²) in [5, 5.41) is 0. The van der Waals surface area contributed by atoms with E-state index in [-0.39, 0.29) is 0 Å². The van der Waals surface area contributed by atoms with Crippen molar-refractivity contribution in [3.63, 3.8) is 0 Å². The summed E-state index contributed by atoms with van der Waals surface area (Å²) in [5.41, 5.74) is 0.714. The summed E-state index contributed by atoms with van der Waals surface area (Å²) in [7, 11) is -1.07. The first-order chi connectivity index (χ1) is 4.22. The Morgan fingerprint density at radius 1 is 1.56 bits per heavy atom. The molecular weight excluding hydrogens is 150 g/mol. The molecule has 0 aromatic heterocycles. The Morgan fingerprint density at radius 2 is 2.11 bits per heavy atom. The van der Waals surface area contributed by atoms with Crippen LogP contribution < -0.4 is 4.98 Å². The van der Waals surface area contributed by atoms with Gasteiger partial charge in [-0.3, -0.25) is 0 Å². The normalized spacial score (nSPS) is 17.3. The van der Waals surface area contributed by atoms with Crippen LogP contribution in [0.15, 0.2) is 0 Å². The van der Waals surface area contributed by atoms with E-state index in [1.54, 1.807) is 0 Å². The minimum absolute atomic E-state index is 0.714. The monoisotopic (exact) mass is 165 g/mol. The predicted octanol–water partition coefficient (Wildman–Crippen LogP) is 1.86. The lowest BCUT2D eigenvalue weighted by atomic mass is 10.4. The zero-order valence-corrected chi connectivity index (χ0v) is 8.36. The maximum Gasteiger partial charge on any atom is 0.213 e.